The number of aromatic nitrogens is 2. The Kier molecular flexibility index (Phi) is 4.49. The molecule has 23 heavy (non-hydrogen) atoms. The molecule has 0 bridgehead atoms. The molecule has 0 aromatic carbocycles. The maximum atomic E-state index is 12.8. The molecule has 1 saturated heterocycles. The van der Waals surface area contributed by atoms with Crippen molar-refractivity contribution in [3.05, 3.63) is 18.0 Å². The molecule has 0 spiro atoms. The molecule has 1 saturated carbocycles. The molecule has 1 aromatic rings. The van der Waals surface area contributed by atoms with Crippen molar-refractivity contribution in [1.82, 2.24) is 14.9 Å². The Hall–Kier alpha value is -1.37. The maximum Gasteiger partial charge on any atom is 0.433 e. The Morgan fingerprint density at radius 3 is 2.74 bits per heavy atom. The third-order valence-corrected chi connectivity index (χ3v) is 5.06. The first-order valence-electron chi connectivity index (χ1n) is 8.14. The highest BCUT2D eigenvalue weighted by Crippen LogP contribution is 2.41. The zero-order chi connectivity index (χ0) is 16.6. The zero-order valence-electron chi connectivity index (χ0n) is 13.6. The van der Waals surface area contributed by atoms with Gasteiger partial charge < -0.3 is 9.80 Å². The number of rotatable bonds is 3. The molecule has 2 aliphatic rings. The predicted octanol–water partition coefficient (Wildman–Crippen LogP) is 2.91. The summed E-state index contributed by atoms with van der Waals surface area (Å²) in [6.07, 6.45) is 0.361. The molecule has 0 unspecified atom stereocenters. The summed E-state index contributed by atoms with van der Waals surface area (Å²) < 4.78 is 38.5. The highest BCUT2D eigenvalue weighted by molar-refractivity contribution is 5.33. The summed E-state index contributed by atoms with van der Waals surface area (Å²) in [4.78, 5) is 12.0. The lowest BCUT2D eigenvalue weighted by molar-refractivity contribution is -0.141. The van der Waals surface area contributed by atoms with E-state index < -0.39 is 11.9 Å². The third-order valence-electron chi connectivity index (χ3n) is 5.06. The second-order valence-corrected chi connectivity index (χ2v) is 7.02. The monoisotopic (exact) mass is 328 g/mol. The summed E-state index contributed by atoms with van der Waals surface area (Å²) in [6.45, 7) is 2.58. The number of fused-ring (bicyclic) bond motifs is 1. The molecule has 1 aliphatic heterocycles. The Morgan fingerprint density at radius 2 is 2.04 bits per heavy atom. The van der Waals surface area contributed by atoms with Crippen LogP contribution in [-0.4, -0.2) is 48.6 Å². The van der Waals surface area contributed by atoms with E-state index in [1.807, 2.05) is 4.90 Å². The van der Waals surface area contributed by atoms with Crippen LogP contribution in [0.1, 0.15) is 25.0 Å². The van der Waals surface area contributed by atoms with E-state index in [2.05, 4.69) is 29.0 Å². The number of nitrogens with zero attached hydrogens (tertiary/aromatic N) is 4. The van der Waals surface area contributed by atoms with Crippen LogP contribution < -0.4 is 4.90 Å². The van der Waals surface area contributed by atoms with Crippen molar-refractivity contribution in [3.8, 4) is 0 Å². The van der Waals surface area contributed by atoms with Crippen LogP contribution in [0.25, 0.3) is 0 Å². The van der Waals surface area contributed by atoms with Crippen LogP contribution in [0, 0.1) is 17.8 Å². The Labute approximate surface area is 134 Å². The first kappa shape index (κ1) is 16.5. The van der Waals surface area contributed by atoms with Gasteiger partial charge in [-0.2, -0.15) is 13.2 Å². The van der Waals surface area contributed by atoms with E-state index in [1.165, 1.54) is 19.0 Å². The fourth-order valence-corrected chi connectivity index (χ4v) is 4.11. The molecule has 0 N–H and O–H groups in total. The first-order chi connectivity index (χ1) is 10.8. The van der Waals surface area contributed by atoms with E-state index in [0.29, 0.717) is 17.8 Å². The molecule has 0 amide bonds. The van der Waals surface area contributed by atoms with Crippen molar-refractivity contribution >= 4 is 5.95 Å². The Bertz CT molecular complexity index is 546. The summed E-state index contributed by atoms with van der Waals surface area (Å²) in [5.74, 6) is 1.91. The fraction of sp³-hybridized carbons (Fsp3) is 0.750. The lowest BCUT2D eigenvalue weighted by atomic mass is 9.74. The van der Waals surface area contributed by atoms with Crippen LogP contribution in [0.3, 0.4) is 0 Å². The molecule has 3 atom stereocenters. The van der Waals surface area contributed by atoms with E-state index in [-0.39, 0.29) is 5.95 Å². The van der Waals surface area contributed by atoms with Crippen molar-refractivity contribution < 1.29 is 13.2 Å². The zero-order valence-corrected chi connectivity index (χ0v) is 13.6. The van der Waals surface area contributed by atoms with Gasteiger partial charge >= 0.3 is 6.18 Å². The molecule has 1 aromatic heterocycles. The third kappa shape index (κ3) is 3.59. The van der Waals surface area contributed by atoms with Gasteiger partial charge in [-0.1, -0.05) is 6.42 Å². The summed E-state index contributed by atoms with van der Waals surface area (Å²) in [5.41, 5.74) is -0.859. The SMILES string of the molecule is CN(C)C[C@@H]1CCC[C@@H]2CN(c3nccc(C(F)(F)F)n3)C[C@@H]21. The molecule has 7 heteroatoms. The van der Waals surface area contributed by atoms with Crippen LogP contribution in [-0.2, 0) is 6.18 Å². The van der Waals surface area contributed by atoms with E-state index in [9.17, 15) is 13.2 Å². The second-order valence-electron chi connectivity index (χ2n) is 7.02. The van der Waals surface area contributed by atoms with Crippen molar-refractivity contribution in [1.29, 1.82) is 0 Å². The van der Waals surface area contributed by atoms with E-state index in [1.54, 1.807) is 0 Å². The average molecular weight is 328 g/mol. The van der Waals surface area contributed by atoms with Crippen LogP contribution in [0.2, 0.25) is 0 Å². The van der Waals surface area contributed by atoms with Crippen LogP contribution >= 0.6 is 0 Å². The summed E-state index contributed by atoms with van der Waals surface area (Å²) in [5, 5.41) is 0. The van der Waals surface area contributed by atoms with E-state index >= 15 is 0 Å². The van der Waals surface area contributed by atoms with Gasteiger partial charge in [-0.3, -0.25) is 0 Å². The highest BCUT2D eigenvalue weighted by atomic mass is 19.4. The van der Waals surface area contributed by atoms with E-state index in [4.69, 9.17) is 0 Å². The fourth-order valence-electron chi connectivity index (χ4n) is 4.11. The molecule has 2 heterocycles. The van der Waals surface area contributed by atoms with Crippen molar-refractivity contribution in [3.63, 3.8) is 0 Å². The van der Waals surface area contributed by atoms with Crippen LogP contribution in [0.4, 0.5) is 19.1 Å². The predicted molar refractivity (Wildman–Crippen MR) is 82.1 cm³/mol. The van der Waals surface area contributed by atoms with Gasteiger partial charge in [-0.05, 0) is 50.8 Å². The summed E-state index contributed by atoms with van der Waals surface area (Å²) in [6, 6.07) is 0.932. The highest BCUT2D eigenvalue weighted by Gasteiger charge is 2.41. The topological polar surface area (TPSA) is 32.3 Å². The lowest BCUT2D eigenvalue weighted by Crippen LogP contribution is -2.34. The number of alkyl halides is 3. The molecular weight excluding hydrogens is 305 g/mol. The normalized spacial score (nSPS) is 28.3. The van der Waals surface area contributed by atoms with Gasteiger partial charge in [0.15, 0.2) is 0 Å². The molecular formula is C16H23F3N4. The smallest absolute Gasteiger partial charge is 0.340 e. The standard InChI is InChI=1S/C16H23F3N4/c1-22(2)8-11-4-3-5-12-9-23(10-13(11)12)15-20-7-6-14(21-15)16(17,18)19/h6-7,11-13H,3-5,8-10H2,1-2H3/t11-,12+,13+/m0/s1. The summed E-state index contributed by atoms with van der Waals surface area (Å²) in [7, 11) is 4.15. The van der Waals surface area contributed by atoms with Crippen molar-refractivity contribution in [2.75, 3.05) is 38.6 Å². The van der Waals surface area contributed by atoms with Crippen molar-refractivity contribution in [2.45, 2.75) is 25.4 Å². The van der Waals surface area contributed by atoms with E-state index in [0.717, 1.165) is 32.1 Å². The van der Waals surface area contributed by atoms with Gasteiger partial charge in [0.1, 0.15) is 5.69 Å². The molecule has 128 valence electrons. The van der Waals surface area contributed by atoms with Gasteiger partial charge in [-0.25, -0.2) is 9.97 Å². The quantitative estimate of drug-likeness (QED) is 0.854. The van der Waals surface area contributed by atoms with Crippen LogP contribution in [0.5, 0.6) is 0 Å². The Balaban J connectivity index is 1.76. The largest absolute Gasteiger partial charge is 0.433 e. The number of halogens is 3. The van der Waals surface area contributed by atoms with Gasteiger partial charge in [0.05, 0.1) is 0 Å². The second kappa shape index (κ2) is 6.26. The van der Waals surface area contributed by atoms with Crippen LogP contribution in [0.15, 0.2) is 12.3 Å². The molecule has 3 rings (SSSR count). The Morgan fingerprint density at radius 1 is 1.26 bits per heavy atom. The number of hydrogen-bond donors (Lipinski definition) is 0. The minimum atomic E-state index is -4.42. The average Bonchev–Trinajstić information content (AvgIpc) is 2.91. The van der Waals surface area contributed by atoms with Gasteiger partial charge in [0, 0.05) is 25.8 Å². The molecule has 4 nitrogen and oxygen atoms in total. The minimum Gasteiger partial charge on any atom is -0.340 e. The first-order valence-corrected chi connectivity index (χ1v) is 8.14. The number of hydrogen-bond acceptors (Lipinski definition) is 4. The molecule has 2 fully saturated rings. The molecule has 0 radical (unpaired) electrons. The minimum absolute atomic E-state index is 0.220. The van der Waals surface area contributed by atoms with Gasteiger partial charge in [-0.15, -0.1) is 0 Å². The van der Waals surface area contributed by atoms with Gasteiger partial charge in [0.25, 0.3) is 0 Å². The number of anilines is 1. The molecule has 1 aliphatic carbocycles. The van der Waals surface area contributed by atoms with Gasteiger partial charge in [0.2, 0.25) is 5.95 Å². The summed E-state index contributed by atoms with van der Waals surface area (Å²) >= 11 is 0. The van der Waals surface area contributed by atoms with Crippen molar-refractivity contribution in [2.24, 2.45) is 17.8 Å². The maximum absolute atomic E-state index is 12.8. The lowest BCUT2D eigenvalue weighted by Gasteiger charge is -2.34.